The predicted molar refractivity (Wildman–Crippen MR) is 119 cm³/mol. The van der Waals surface area contributed by atoms with Crippen LogP contribution in [-0.2, 0) is 9.53 Å². The third-order valence-electron chi connectivity index (χ3n) is 5.20. The van der Waals surface area contributed by atoms with E-state index in [1.807, 2.05) is 36.4 Å². The highest BCUT2D eigenvalue weighted by atomic mass is 16.5. The fraction of sp³-hybridized carbons (Fsp3) is 0.160. The molecule has 0 saturated carbocycles. The number of allylic oxidation sites excluding steroid dienone is 1. The third-order valence-corrected chi connectivity index (χ3v) is 5.20. The number of urea groups is 1. The molecule has 2 amide bonds. The van der Waals surface area contributed by atoms with Crippen molar-refractivity contribution in [3.8, 4) is 5.75 Å². The van der Waals surface area contributed by atoms with E-state index in [4.69, 9.17) is 9.47 Å². The first-order valence-electron chi connectivity index (χ1n) is 10.2. The van der Waals surface area contributed by atoms with E-state index in [1.54, 1.807) is 44.2 Å². The zero-order valence-electron chi connectivity index (χ0n) is 17.7. The van der Waals surface area contributed by atoms with Gasteiger partial charge < -0.3 is 20.1 Å². The number of nitrogens with one attached hydrogen (secondary N) is 2. The Hall–Kier alpha value is -4.13. The minimum absolute atomic E-state index is 0.182. The summed E-state index contributed by atoms with van der Waals surface area (Å²) in [5.41, 5.74) is 1.52. The fourth-order valence-electron chi connectivity index (χ4n) is 3.79. The van der Waals surface area contributed by atoms with Crippen LogP contribution in [-0.4, -0.2) is 24.6 Å². The molecule has 0 saturated heterocycles. The maximum Gasteiger partial charge on any atom is 0.343 e. The number of rotatable bonds is 5. The molecule has 162 valence electrons. The highest BCUT2D eigenvalue weighted by Gasteiger charge is 2.35. The molecule has 3 aromatic rings. The maximum absolute atomic E-state index is 12.8. The maximum atomic E-state index is 12.8. The molecule has 7 heteroatoms. The number of hydrogen-bond acceptors (Lipinski definition) is 5. The monoisotopic (exact) mass is 430 g/mol. The lowest BCUT2D eigenvalue weighted by molar-refractivity contribution is -0.139. The number of benzene rings is 3. The Bertz CT molecular complexity index is 1230. The molecular formula is C25H22N2O5. The van der Waals surface area contributed by atoms with Crippen LogP contribution < -0.4 is 15.4 Å². The predicted octanol–water partition coefficient (Wildman–Crippen LogP) is 4.25. The van der Waals surface area contributed by atoms with Crippen molar-refractivity contribution in [3.05, 3.63) is 89.1 Å². The smallest absolute Gasteiger partial charge is 0.343 e. The zero-order chi connectivity index (χ0) is 22.7. The number of amides is 2. The minimum Gasteiger partial charge on any atom is -0.463 e. The molecule has 2 N–H and O–H groups in total. The SMILES string of the molecule is CCOC(=O)C1=C(C)NC(=O)NC1c1c(OC(=O)c2ccccc2)ccc2ccccc12. The minimum atomic E-state index is -0.868. The molecule has 32 heavy (non-hydrogen) atoms. The van der Waals surface area contributed by atoms with Gasteiger partial charge in [-0.15, -0.1) is 0 Å². The molecule has 1 atom stereocenters. The van der Waals surface area contributed by atoms with Crippen LogP contribution in [0.5, 0.6) is 5.75 Å². The van der Waals surface area contributed by atoms with E-state index in [1.165, 1.54) is 0 Å². The van der Waals surface area contributed by atoms with Crippen molar-refractivity contribution in [2.75, 3.05) is 6.61 Å². The van der Waals surface area contributed by atoms with Gasteiger partial charge >= 0.3 is 18.0 Å². The number of hydrogen-bond donors (Lipinski definition) is 2. The molecule has 1 unspecified atom stereocenters. The van der Waals surface area contributed by atoms with Gasteiger partial charge in [-0.2, -0.15) is 0 Å². The van der Waals surface area contributed by atoms with Gasteiger partial charge in [-0.05, 0) is 42.8 Å². The molecule has 0 bridgehead atoms. The summed E-state index contributed by atoms with van der Waals surface area (Å²) < 4.78 is 11.0. The van der Waals surface area contributed by atoms with Crippen LogP contribution in [0.1, 0.15) is 35.8 Å². The van der Waals surface area contributed by atoms with E-state index in [-0.39, 0.29) is 17.9 Å². The van der Waals surface area contributed by atoms with E-state index in [0.717, 1.165) is 10.8 Å². The van der Waals surface area contributed by atoms with Crippen molar-refractivity contribution in [1.82, 2.24) is 10.6 Å². The van der Waals surface area contributed by atoms with Crippen molar-refractivity contribution in [1.29, 1.82) is 0 Å². The molecule has 1 aliphatic heterocycles. The summed E-state index contributed by atoms with van der Waals surface area (Å²) >= 11 is 0. The average molecular weight is 430 g/mol. The first kappa shape index (κ1) is 21.1. The van der Waals surface area contributed by atoms with Crippen LogP contribution in [0.3, 0.4) is 0 Å². The van der Waals surface area contributed by atoms with Gasteiger partial charge in [0.15, 0.2) is 0 Å². The van der Waals surface area contributed by atoms with Crippen molar-refractivity contribution in [2.24, 2.45) is 0 Å². The molecular weight excluding hydrogens is 408 g/mol. The second kappa shape index (κ2) is 8.93. The quantitative estimate of drug-likeness (QED) is 0.466. The van der Waals surface area contributed by atoms with E-state index in [9.17, 15) is 14.4 Å². The van der Waals surface area contributed by atoms with Gasteiger partial charge in [-0.3, -0.25) is 0 Å². The Morgan fingerprint density at radius 1 is 0.938 bits per heavy atom. The highest BCUT2D eigenvalue weighted by Crippen LogP contribution is 2.39. The van der Waals surface area contributed by atoms with Crippen LogP contribution in [0.15, 0.2) is 78.0 Å². The normalized spacial score (nSPS) is 15.7. The summed E-state index contributed by atoms with van der Waals surface area (Å²) in [4.78, 5) is 38.0. The second-order valence-electron chi connectivity index (χ2n) is 7.24. The second-order valence-corrected chi connectivity index (χ2v) is 7.24. The Morgan fingerprint density at radius 3 is 2.41 bits per heavy atom. The van der Waals surface area contributed by atoms with Crippen LogP contribution in [0.2, 0.25) is 0 Å². The van der Waals surface area contributed by atoms with Crippen LogP contribution in [0.4, 0.5) is 4.79 Å². The van der Waals surface area contributed by atoms with E-state index in [2.05, 4.69) is 10.6 Å². The van der Waals surface area contributed by atoms with E-state index in [0.29, 0.717) is 16.8 Å². The molecule has 1 aliphatic rings. The van der Waals surface area contributed by atoms with Gasteiger partial charge in [-0.25, -0.2) is 14.4 Å². The largest absolute Gasteiger partial charge is 0.463 e. The summed E-state index contributed by atoms with van der Waals surface area (Å²) in [6, 6.07) is 18.3. The molecule has 0 aliphatic carbocycles. The van der Waals surface area contributed by atoms with Crippen molar-refractivity contribution in [3.63, 3.8) is 0 Å². The van der Waals surface area contributed by atoms with Crippen LogP contribution >= 0.6 is 0 Å². The Kier molecular flexibility index (Phi) is 5.89. The molecule has 0 aromatic heterocycles. The van der Waals surface area contributed by atoms with Crippen molar-refractivity contribution >= 4 is 28.7 Å². The molecule has 4 rings (SSSR count). The van der Waals surface area contributed by atoms with Gasteiger partial charge in [0.2, 0.25) is 0 Å². The average Bonchev–Trinajstić information content (AvgIpc) is 2.79. The first-order valence-corrected chi connectivity index (χ1v) is 10.2. The summed E-state index contributed by atoms with van der Waals surface area (Å²) in [6.07, 6.45) is 0. The van der Waals surface area contributed by atoms with Gasteiger partial charge in [-0.1, -0.05) is 48.5 Å². The van der Waals surface area contributed by atoms with Crippen LogP contribution in [0, 0.1) is 0 Å². The van der Waals surface area contributed by atoms with E-state index < -0.39 is 24.0 Å². The van der Waals surface area contributed by atoms with Gasteiger partial charge in [0.05, 0.1) is 23.8 Å². The molecule has 3 aromatic carbocycles. The number of carbonyl (C=O) groups excluding carboxylic acids is 3. The van der Waals surface area contributed by atoms with Crippen molar-refractivity contribution < 1.29 is 23.9 Å². The number of ether oxygens (including phenoxy) is 2. The van der Waals surface area contributed by atoms with Crippen LogP contribution in [0.25, 0.3) is 10.8 Å². The van der Waals surface area contributed by atoms with Gasteiger partial charge in [0, 0.05) is 11.3 Å². The fourth-order valence-corrected chi connectivity index (χ4v) is 3.79. The number of carbonyl (C=O) groups is 3. The van der Waals surface area contributed by atoms with Gasteiger partial charge in [0.25, 0.3) is 0 Å². The summed E-state index contributed by atoms with van der Waals surface area (Å²) in [7, 11) is 0. The Balaban J connectivity index is 1.88. The Morgan fingerprint density at radius 2 is 1.66 bits per heavy atom. The molecule has 0 fully saturated rings. The third kappa shape index (κ3) is 4.05. The number of fused-ring (bicyclic) bond motifs is 1. The zero-order valence-corrected chi connectivity index (χ0v) is 17.7. The molecule has 7 nitrogen and oxygen atoms in total. The highest BCUT2D eigenvalue weighted by molar-refractivity contribution is 5.99. The van der Waals surface area contributed by atoms with Gasteiger partial charge in [0.1, 0.15) is 5.75 Å². The molecule has 0 spiro atoms. The van der Waals surface area contributed by atoms with Crippen molar-refractivity contribution in [2.45, 2.75) is 19.9 Å². The summed E-state index contributed by atoms with van der Waals surface area (Å²) in [5, 5.41) is 7.04. The lowest BCUT2D eigenvalue weighted by Crippen LogP contribution is -2.45. The number of esters is 2. The lowest BCUT2D eigenvalue weighted by atomic mass is 9.90. The Labute approximate surface area is 185 Å². The van der Waals surface area contributed by atoms with E-state index >= 15 is 0 Å². The standard InChI is InChI=1S/C25H22N2O5/c1-3-31-24(29)20-15(2)26-25(30)27-22(20)21-18-12-8-7-9-16(18)13-14-19(21)32-23(28)17-10-5-4-6-11-17/h4-14,22H,3H2,1-2H3,(H2,26,27,30). The lowest BCUT2D eigenvalue weighted by Gasteiger charge is -2.30. The first-order chi connectivity index (χ1) is 15.5. The summed E-state index contributed by atoms with van der Waals surface area (Å²) in [6.45, 7) is 3.53. The topological polar surface area (TPSA) is 93.7 Å². The summed E-state index contributed by atoms with van der Waals surface area (Å²) in [5.74, 6) is -0.851. The molecule has 0 radical (unpaired) electrons. The molecule has 1 heterocycles.